The lowest BCUT2D eigenvalue weighted by Crippen LogP contribution is -2.32. The van der Waals surface area contributed by atoms with E-state index in [2.05, 4.69) is 21.3 Å². The van der Waals surface area contributed by atoms with E-state index in [1.54, 1.807) is 0 Å². The molecule has 0 unspecified atom stereocenters. The molecule has 0 spiro atoms. The molecule has 1 rings (SSSR count). The van der Waals surface area contributed by atoms with Crippen molar-refractivity contribution in [3.63, 3.8) is 0 Å². The van der Waals surface area contributed by atoms with E-state index in [1.165, 1.54) is 12.1 Å². The van der Waals surface area contributed by atoms with E-state index in [0.29, 0.717) is 6.54 Å². The summed E-state index contributed by atoms with van der Waals surface area (Å²) in [4.78, 5) is 0. The number of benzene rings is 1. The summed E-state index contributed by atoms with van der Waals surface area (Å²) >= 11 is 0. The molecule has 0 amide bonds. The van der Waals surface area contributed by atoms with Gasteiger partial charge in [0.15, 0.2) is 0 Å². The van der Waals surface area contributed by atoms with Crippen LogP contribution in [-0.4, -0.2) is 26.7 Å². The van der Waals surface area contributed by atoms with E-state index >= 15 is 0 Å². The topological polar surface area (TPSA) is 78.4 Å². The van der Waals surface area contributed by atoms with Crippen LogP contribution in [0, 0.1) is 23.6 Å². The van der Waals surface area contributed by atoms with Crippen LogP contribution >= 0.6 is 0 Å². The van der Waals surface area contributed by atoms with Crippen molar-refractivity contribution >= 4 is 15.9 Å². The van der Waals surface area contributed by atoms with Gasteiger partial charge < -0.3 is 5.11 Å². The summed E-state index contributed by atoms with van der Waals surface area (Å²) in [5.74, 6) is 4.72. The molecule has 7 heteroatoms. The molecule has 21 heavy (non-hydrogen) atoms. The second kappa shape index (κ2) is 7.98. The first-order chi connectivity index (χ1) is 9.84. The van der Waals surface area contributed by atoms with Crippen molar-refractivity contribution in [1.82, 2.24) is 4.72 Å². The fourth-order valence-electron chi connectivity index (χ4n) is 1.36. The average molecular weight is 314 g/mol. The fraction of sp³-hybridized carbons (Fsp3) is 0.429. The standard InChI is InChI=1S/C14H19FN2O3S/c1-11(2)10-16-21(19,20)17-13-7-6-12(14(15)9-13)5-3-4-8-18/h6-7,9,11,16-18H,4,8,10H2,1-2H3. The summed E-state index contributed by atoms with van der Waals surface area (Å²) in [5, 5.41) is 8.59. The largest absolute Gasteiger partial charge is 0.395 e. The molecule has 0 aliphatic heterocycles. The molecule has 0 fully saturated rings. The Labute approximate surface area is 124 Å². The highest BCUT2D eigenvalue weighted by Crippen LogP contribution is 2.14. The van der Waals surface area contributed by atoms with Crippen LogP contribution in [0.4, 0.5) is 10.1 Å². The van der Waals surface area contributed by atoms with Gasteiger partial charge in [-0.25, -0.2) is 4.39 Å². The van der Waals surface area contributed by atoms with Crippen molar-refractivity contribution in [2.45, 2.75) is 20.3 Å². The van der Waals surface area contributed by atoms with E-state index in [-0.39, 0.29) is 30.2 Å². The van der Waals surface area contributed by atoms with Crippen molar-refractivity contribution < 1.29 is 17.9 Å². The summed E-state index contributed by atoms with van der Waals surface area (Å²) in [6.45, 7) is 3.96. The molecule has 5 nitrogen and oxygen atoms in total. The van der Waals surface area contributed by atoms with Crippen molar-refractivity contribution in [2.75, 3.05) is 17.9 Å². The van der Waals surface area contributed by atoms with Gasteiger partial charge in [-0.3, -0.25) is 4.72 Å². The van der Waals surface area contributed by atoms with Crippen LogP contribution in [0.3, 0.4) is 0 Å². The normalized spacial score (nSPS) is 11.1. The number of aliphatic hydroxyl groups is 1. The third kappa shape index (κ3) is 6.58. The Kier molecular flexibility index (Phi) is 6.62. The maximum atomic E-state index is 13.7. The highest BCUT2D eigenvalue weighted by Gasteiger charge is 2.11. The van der Waals surface area contributed by atoms with Gasteiger partial charge in [-0.2, -0.15) is 13.1 Å². The Balaban J connectivity index is 2.78. The van der Waals surface area contributed by atoms with Gasteiger partial charge in [0.25, 0.3) is 10.2 Å². The van der Waals surface area contributed by atoms with Gasteiger partial charge in [0.1, 0.15) is 5.82 Å². The molecule has 1 aromatic carbocycles. The predicted octanol–water partition coefficient (Wildman–Crippen LogP) is 1.46. The van der Waals surface area contributed by atoms with Crippen LogP contribution in [0.2, 0.25) is 0 Å². The van der Waals surface area contributed by atoms with Gasteiger partial charge in [-0.05, 0) is 24.1 Å². The molecule has 116 valence electrons. The fourth-order valence-corrected chi connectivity index (χ4v) is 2.42. The summed E-state index contributed by atoms with van der Waals surface area (Å²) < 4.78 is 41.8. The number of rotatable bonds is 6. The zero-order valence-electron chi connectivity index (χ0n) is 12.0. The van der Waals surface area contributed by atoms with Gasteiger partial charge in [-0.1, -0.05) is 25.7 Å². The maximum absolute atomic E-state index is 13.7. The summed E-state index contributed by atoms with van der Waals surface area (Å²) in [7, 11) is -3.72. The molecule has 3 N–H and O–H groups in total. The molecular weight excluding hydrogens is 295 g/mol. The molecule has 0 aliphatic rings. The smallest absolute Gasteiger partial charge is 0.299 e. The quantitative estimate of drug-likeness (QED) is 0.696. The zero-order chi connectivity index (χ0) is 15.9. The molecule has 0 aliphatic carbocycles. The van der Waals surface area contributed by atoms with Gasteiger partial charge in [0.2, 0.25) is 0 Å². The van der Waals surface area contributed by atoms with E-state index < -0.39 is 16.0 Å². The lowest BCUT2D eigenvalue weighted by atomic mass is 10.2. The van der Waals surface area contributed by atoms with E-state index in [9.17, 15) is 12.8 Å². The number of halogens is 1. The van der Waals surface area contributed by atoms with Crippen molar-refractivity contribution in [3.8, 4) is 11.8 Å². The molecule has 0 saturated carbocycles. The molecule has 0 aromatic heterocycles. The Morgan fingerprint density at radius 2 is 2.10 bits per heavy atom. The third-order valence-electron chi connectivity index (χ3n) is 2.36. The average Bonchev–Trinajstić information content (AvgIpc) is 2.39. The second-order valence-corrected chi connectivity index (χ2v) is 6.32. The monoisotopic (exact) mass is 314 g/mol. The van der Waals surface area contributed by atoms with Crippen molar-refractivity contribution in [3.05, 3.63) is 29.6 Å². The Bertz CT molecular complexity index is 633. The summed E-state index contributed by atoms with van der Waals surface area (Å²) in [6, 6.07) is 3.89. The summed E-state index contributed by atoms with van der Waals surface area (Å²) in [5.41, 5.74) is 0.276. The lowest BCUT2D eigenvalue weighted by molar-refractivity contribution is 0.305. The third-order valence-corrected chi connectivity index (χ3v) is 3.41. The highest BCUT2D eigenvalue weighted by atomic mass is 32.2. The first kappa shape index (κ1) is 17.4. The van der Waals surface area contributed by atoms with Gasteiger partial charge in [-0.15, -0.1) is 0 Å². The Hall–Kier alpha value is -1.62. The minimum atomic E-state index is -3.72. The first-order valence-electron chi connectivity index (χ1n) is 6.50. The van der Waals surface area contributed by atoms with Crippen LogP contribution in [-0.2, 0) is 10.2 Å². The zero-order valence-corrected chi connectivity index (χ0v) is 12.8. The highest BCUT2D eigenvalue weighted by molar-refractivity contribution is 7.90. The second-order valence-electron chi connectivity index (χ2n) is 4.82. The molecule has 1 aromatic rings. The molecule has 0 saturated heterocycles. The minimum Gasteiger partial charge on any atom is -0.395 e. The van der Waals surface area contributed by atoms with Crippen LogP contribution in [0.5, 0.6) is 0 Å². The van der Waals surface area contributed by atoms with E-state index in [4.69, 9.17) is 5.11 Å². The number of aliphatic hydroxyl groups excluding tert-OH is 1. The van der Waals surface area contributed by atoms with Gasteiger partial charge in [0, 0.05) is 13.0 Å². The number of nitrogens with one attached hydrogen (secondary N) is 2. The lowest BCUT2D eigenvalue weighted by Gasteiger charge is -2.11. The molecule has 0 bridgehead atoms. The van der Waals surface area contributed by atoms with Crippen LogP contribution in [0.1, 0.15) is 25.8 Å². The number of anilines is 1. The number of hydrogen-bond acceptors (Lipinski definition) is 3. The van der Waals surface area contributed by atoms with E-state index in [1.807, 2.05) is 13.8 Å². The Morgan fingerprint density at radius 3 is 2.67 bits per heavy atom. The minimum absolute atomic E-state index is 0.0893. The number of hydrogen-bond donors (Lipinski definition) is 3. The van der Waals surface area contributed by atoms with Crippen LogP contribution < -0.4 is 9.44 Å². The van der Waals surface area contributed by atoms with E-state index in [0.717, 1.165) is 6.07 Å². The SMILES string of the molecule is CC(C)CNS(=O)(=O)Nc1ccc(C#CCCO)c(F)c1. The molecule has 0 radical (unpaired) electrons. The molecule has 0 heterocycles. The first-order valence-corrected chi connectivity index (χ1v) is 7.99. The predicted molar refractivity (Wildman–Crippen MR) is 80.4 cm³/mol. The van der Waals surface area contributed by atoms with Gasteiger partial charge >= 0.3 is 0 Å². The van der Waals surface area contributed by atoms with Crippen LogP contribution in [0.25, 0.3) is 0 Å². The van der Waals surface area contributed by atoms with Crippen molar-refractivity contribution in [1.29, 1.82) is 0 Å². The maximum Gasteiger partial charge on any atom is 0.299 e. The molecular formula is C14H19FN2O3S. The molecule has 0 atom stereocenters. The van der Waals surface area contributed by atoms with Crippen molar-refractivity contribution in [2.24, 2.45) is 5.92 Å². The van der Waals surface area contributed by atoms with Gasteiger partial charge in [0.05, 0.1) is 17.9 Å². The summed E-state index contributed by atoms with van der Waals surface area (Å²) in [6.07, 6.45) is 0.257. The Morgan fingerprint density at radius 1 is 1.38 bits per heavy atom. The van der Waals surface area contributed by atoms with Crippen LogP contribution in [0.15, 0.2) is 18.2 Å².